The Bertz CT molecular complexity index is 204. The molecule has 2 fully saturated rings. The molecule has 3 heteroatoms. The molecule has 88 valence electrons. The van der Waals surface area contributed by atoms with Gasteiger partial charge in [0.1, 0.15) is 0 Å². The van der Waals surface area contributed by atoms with Crippen LogP contribution >= 0.6 is 0 Å². The quantitative estimate of drug-likeness (QED) is 0.684. The van der Waals surface area contributed by atoms with Crippen LogP contribution in [-0.2, 0) is 4.74 Å². The molecule has 0 radical (unpaired) electrons. The van der Waals surface area contributed by atoms with E-state index in [2.05, 4.69) is 37.5 Å². The zero-order valence-electron chi connectivity index (χ0n) is 10.4. The van der Waals surface area contributed by atoms with E-state index < -0.39 is 0 Å². The minimum absolute atomic E-state index is 0.671. The third kappa shape index (κ3) is 2.19. The maximum absolute atomic E-state index is 5.30. The second kappa shape index (κ2) is 4.40. The highest BCUT2D eigenvalue weighted by Gasteiger charge is 2.37. The molecule has 2 rings (SSSR count). The zero-order chi connectivity index (χ0) is 11.0. The molecule has 2 heterocycles. The second-order valence-corrected chi connectivity index (χ2v) is 5.38. The average Bonchev–Trinajstić information content (AvgIpc) is 2.07. The monoisotopic (exact) mass is 212 g/mol. The number of nitrogens with zero attached hydrogens (tertiary/aromatic N) is 2. The Kier molecular flexibility index (Phi) is 3.33. The summed E-state index contributed by atoms with van der Waals surface area (Å²) in [7, 11) is 0. The molecule has 0 amide bonds. The van der Waals surface area contributed by atoms with Crippen LogP contribution < -0.4 is 0 Å². The lowest BCUT2D eigenvalue weighted by atomic mass is 10.0. The molecule has 3 nitrogen and oxygen atoms in total. The van der Waals surface area contributed by atoms with Gasteiger partial charge in [-0.25, -0.2) is 0 Å². The first kappa shape index (κ1) is 11.4. The molecule has 2 aliphatic rings. The first-order chi connectivity index (χ1) is 7.09. The van der Waals surface area contributed by atoms with Crippen LogP contribution in [0.3, 0.4) is 0 Å². The minimum atomic E-state index is 0.671. The van der Waals surface area contributed by atoms with E-state index in [1.54, 1.807) is 0 Å². The van der Waals surface area contributed by atoms with Crippen molar-refractivity contribution in [1.29, 1.82) is 0 Å². The average molecular weight is 212 g/mol. The summed E-state index contributed by atoms with van der Waals surface area (Å²) in [6, 6.07) is 2.70. The molecule has 2 aliphatic heterocycles. The second-order valence-electron chi connectivity index (χ2n) is 5.38. The molecule has 0 aromatic rings. The Labute approximate surface area is 93.4 Å². The van der Waals surface area contributed by atoms with Gasteiger partial charge in [-0.3, -0.25) is 9.80 Å². The lowest BCUT2D eigenvalue weighted by molar-refractivity contribution is -0.114. The van der Waals surface area contributed by atoms with E-state index in [-0.39, 0.29) is 0 Å². The molecule has 0 bridgehead atoms. The number of piperazine rings is 1. The molecule has 0 unspecified atom stereocenters. The van der Waals surface area contributed by atoms with Gasteiger partial charge in [0, 0.05) is 31.2 Å². The summed E-state index contributed by atoms with van der Waals surface area (Å²) in [5.41, 5.74) is 0. The van der Waals surface area contributed by atoms with Crippen LogP contribution in [0.15, 0.2) is 0 Å². The van der Waals surface area contributed by atoms with Gasteiger partial charge < -0.3 is 4.74 Å². The fourth-order valence-corrected chi connectivity index (χ4v) is 2.91. The van der Waals surface area contributed by atoms with E-state index >= 15 is 0 Å². The summed E-state index contributed by atoms with van der Waals surface area (Å²) in [4.78, 5) is 5.24. The predicted molar refractivity (Wildman–Crippen MR) is 62.1 cm³/mol. The lowest BCUT2D eigenvalue weighted by Gasteiger charge is -2.51. The molecule has 0 N–H and O–H groups in total. The Morgan fingerprint density at radius 3 is 1.93 bits per heavy atom. The van der Waals surface area contributed by atoms with E-state index in [1.165, 1.54) is 13.1 Å². The Balaban J connectivity index is 1.97. The summed E-state index contributed by atoms with van der Waals surface area (Å²) in [6.45, 7) is 13.6. The number of rotatable bonds is 2. The maximum Gasteiger partial charge on any atom is 0.0645 e. The van der Waals surface area contributed by atoms with Gasteiger partial charge in [-0.2, -0.15) is 0 Å². The third-order valence-electron chi connectivity index (χ3n) is 3.79. The van der Waals surface area contributed by atoms with Gasteiger partial charge in [-0.15, -0.1) is 0 Å². The standard InChI is InChI=1S/C12H24N2O/c1-9(2)13-5-10(3)14(11(4)6-13)12-7-15-8-12/h9-12H,5-8H2,1-4H3/t10-,11+. The highest BCUT2D eigenvalue weighted by molar-refractivity contribution is 4.92. The van der Waals surface area contributed by atoms with Crippen molar-refractivity contribution in [1.82, 2.24) is 9.80 Å². The van der Waals surface area contributed by atoms with Gasteiger partial charge in [-0.05, 0) is 27.7 Å². The van der Waals surface area contributed by atoms with Crippen molar-refractivity contribution >= 4 is 0 Å². The van der Waals surface area contributed by atoms with Crippen molar-refractivity contribution in [3.05, 3.63) is 0 Å². The van der Waals surface area contributed by atoms with E-state index in [4.69, 9.17) is 4.74 Å². The van der Waals surface area contributed by atoms with Crippen molar-refractivity contribution in [2.45, 2.75) is 51.9 Å². The first-order valence-electron chi connectivity index (χ1n) is 6.18. The van der Waals surface area contributed by atoms with Gasteiger partial charge in [0.15, 0.2) is 0 Å². The molecule has 2 atom stereocenters. The number of ether oxygens (including phenoxy) is 1. The van der Waals surface area contributed by atoms with Crippen molar-refractivity contribution in [3.63, 3.8) is 0 Å². The normalized spacial score (nSPS) is 35.8. The van der Waals surface area contributed by atoms with Crippen LogP contribution in [0.4, 0.5) is 0 Å². The Hall–Kier alpha value is -0.120. The van der Waals surface area contributed by atoms with Crippen molar-refractivity contribution in [3.8, 4) is 0 Å². The lowest BCUT2D eigenvalue weighted by Crippen LogP contribution is -2.65. The van der Waals surface area contributed by atoms with E-state index in [0.29, 0.717) is 24.2 Å². The molecular weight excluding hydrogens is 188 g/mol. The van der Waals surface area contributed by atoms with Gasteiger partial charge >= 0.3 is 0 Å². The number of hydrogen-bond donors (Lipinski definition) is 0. The van der Waals surface area contributed by atoms with E-state index in [0.717, 1.165) is 13.2 Å². The van der Waals surface area contributed by atoms with Gasteiger partial charge in [-0.1, -0.05) is 0 Å². The summed E-state index contributed by atoms with van der Waals surface area (Å²) >= 11 is 0. The third-order valence-corrected chi connectivity index (χ3v) is 3.79. The molecule has 15 heavy (non-hydrogen) atoms. The molecular formula is C12H24N2O. The van der Waals surface area contributed by atoms with Crippen LogP contribution in [0, 0.1) is 0 Å². The van der Waals surface area contributed by atoms with E-state index in [1.807, 2.05) is 0 Å². The molecule has 0 aromatic carbocycles. The summed E-state index contributed by atoms with van der Waals surface area (Å²) in [5.74, 6) is 0. The molecule has 0 aromatic heterocycles. The topological polar surface area (TPSA) is 15.7 Å². The first-order valence-corrected chi connectivity index (χ1v) is 6.18. The van der Waals surface area contributed by atoms with Crippen molar-refractivity contribution in [2.24, 2.45) is 0 Å². The molecule has 0 saturated carbocycles. The zero-order valence-corrected chi connectivity index (χ0v) is 10.4. The maximum atomic E-state index is 5.30. The smallest absolute Gasteiger partial charge is 0.0645 e. The highest BCUT2D eigenvalue weighted by atomic mass is 16.5. The number of hydrogen-bond acceptors (Lipinski definition) is 3. The largest absolute Gasteiger partial charge is 0.378 e. The van der Waals surface area contributed by atoms with Crippen LogP contribution in [0.1, 0.15) is 27.7 Å². The van der Waals surface area contributed by atoms with Gasteiger partial charge in [0.05, 0.1) is 19.3 Å². The van der Waals surface area contributed by atoms with Crippen LogP contribution in [0.25, 0.3) is 0 Å². The minimum Gasteiger partial charge on any atom is -0.378 e. The molecule has 0 spiro atoms. The molecule has 2 saturated heterocycles. The molecule has 0 aliphatic carbocycles. The van der Waals surface area contributed by atoms with Crippen LogP contribution in [0.2, 0.25) is 0 Å². The van der Waals surface area contributed by atoms with Crippen molar-refractivity contribution in [2.75, 3.05) is 26.3 Å². The van der Waals surface area contributed by atoms with E-state index in [9.17, 15) is 0 Å². The Morgan fingerprint density at radius 1 is 1.07 bits per heavy atom. The van der Waals surface area contributed by atoms with Crippen molar-refractivity contribution < 1.29 is 4.74 Å². The van der Waals surface area contributed by atoms with Gasteiger partial charge in [0.2, 0.25) is 0 Å². The Morgan fingerprint density at radius 2 is 1.60 bits per heavy atom. The van der Waals surface area contributed by atoms with Gasteiger partial charge in [0.25, 0.3) is 0 Å². The van der Waals surface area contributed by atoms with Crippen LogP contribution in [-0.4, -0.2) is 60.3 Å². The van der Waals surface area contributed by atoms with Crippen LogP contribution in [0.5, 0.6) is 0 Å². The predicted octanol–water partition coefficient (Wildman–Crippen LogP) is 1.19. The summed E-state index contributed by atoms with van der Waals surface area (Å²) in [6.07, 6.45) is 0. The SMILES string of the molecule is CC(C)N1C[C@@H](C)N(C2COC2)[C@@H](C)C1. The summed E-state index contributed by atoms with van der Waals surface area (Å²) < 4.78 is 5.30. The fraction of sp³-hybridized carbons (Fsp3) is 1.00. The highest BCUT2D eigenvalue weighted by Crippen LogP contribution is 2.23. The summed E-state index contributed by atoms with van der Waals surface area (Å²) in [5, 5.41) is 0. The fourth-order valence-electron chi connectivity index (χ4n) is 2.91.